The van der Waals surface area contributed by atoms with Gasteiger partial charge in [0, 0.05) is 30.1 Å². The zero-order valence-electron chi connectivity index (χ0n) is 14.4. The molecule has 0 saturated carbocycles. The van der Waals surface area contributed by atoms with Crippen LogP contribution >= 0.6 is 0 Å². The van der Waals surface area contributed by atoms with E-state index in [1.54, 1.807) is 24.0 Å². The molecule has 1 atom stereocenters. The van der Waals surface area contributed by atoms with Gasteiger partial charge in [0.1, 0.15) is 17.1 Å². The third-order valence-electron chi connectivity index (χ3n) is 4.89. The van der Waals surface area contributed by atoms with Gasteiger partial charge in [-0.25, -0.2) is 0 Å². The summed E-state index contributed by atoms with van der Waals surface area (Å²) in [7, 11) is 0. The molecule has 1 aromatic heterocycles. The Kier molecular flexibility index (Phi) is 3.85. The van der Waals surface area contributed by atoms with Crippen LogP contribution in [0, 0.1) is 0 Å². The van der Waals surface area contributed by atoms with E-state index >= 15 is 0 Å². The molecule has 26 heavy (non-hydrogen) atoms. The topological polar surface area (TPSA) is 99.9 Å². The van der Waals surface area contributed by atoms with E-state index in [1.165, 1.54) is 0 Å². The van der Waals surface area contributed by atoms with Gasteiger partial charge in [-0.05, 0) is 37.1 Å². The van der Waals surface area contributed by atoms with E-state index in [-0.39, 0.29) is 23.2 Å². The first kappa shape index (κ1) is 16.5. The van der Waals surface area contributed by atoms with Crippen molar-refractivity contribution in [2.24, 2.45) is 5.73 Å². The fourth-order valence-corrected chi connectivity index (χ4v) is 3.58. The van der Waals surface area contributed by atoms with E-state index in [0.717, 1.165) is 16.5 Å². The first-order valence-corrected chi connectivity index (χ1v) is 8.55. The average molecular weight is 352 g/mol. The van der Waals surface area contributed by atoms with Crippen molar-refractivity contribution in [3.05, 3.63) is 58.8 Å². The molecule has 1 unspecified atom stereocenters. The Bertz CT molecular complexity index is 973. The highest BCUT2D eigenvalue weighted by atomic mass is 16.3. The molecule has 1 amide bonds. The van der Waals surface area contributed by atoms with Gasteiger partial charge in [-0.3, -0.25) is 4.79 Å². The zero-order valence-corrected chi connectivity index (χ0v) is 14.4. The summed E-state index contributed by atoms with van der Waals surface area (Å²) in [5.41, 5.74) is 8.32. The minimum atomic E-state index is -0.476. The van der Waals surface area contributed by atoms with Crippen molar-refractivity contribution in [1.82, 2.24) is 4.90 Å². The van der Waals surface area contributed by atoms with Crippen LogP contribution in [0.4, 0.5) is 0 Å². The van der Waals surface area contributed by atoms with Gasteiger partial charge < -0.3 is 25.3 Å². The first-order chi connectivity index (χ1) is 12.5. The summed E-state index contributed by atoms with van der Waals surface area (Å²) >= 11 is 0. The molecule has 0 aliphatic carbocycles. The molecule has 134 valence electrons. The lowest BCUT2D eigenvalue weighted by Crippen LogP contribution is -2.36. The average Bonchev–Trinajstić information content (AvgIpc) is 3.04. The van der Waals surface area contributed by atoms with Crippen molar-refractivity contribution in [2.75, 3.05) is 6.54 Å². The summed E-state index contributed by atoms with van der Waals surface area (Å²) in [5, 5.41) is 21.5. The number of hydrogen-bond donors (Lipinski definition) is 3. The predicted molar refractivity (Wildman–Crippen MR) is 97.0 cm³/mol. The molecule has 0 spiro atoms. The van der Waals surface area contributed by atoms with Crippen molar-refractivity contribution in [1.29, 1.82) is 0 Å². The number of hydrogen-bond acceptors (Lipinski definition) is 5. The largest absolute Gasteiger partial charge is 0.507 e. The number of fused-ring (bicyclic) bond motifs is 2. The molecule has 0 fully saturated rings. The van der Waals surface area contributed by atoms with E-state index in [9.17, 15) is 15.0 Å². The molecule has 0 saturated heterocycles. The van der Waals surface area contributed by atoms with Crippen molar-refractivity contribution >= 4 is 16.9 Å². The molecular weight excluding hydrogens is 332 g/mol. The second-order valence-corrected chi connectivity index (χ2v) is 6.71. The van der Waals surface area contributed by atoms with E-state index in [0.29, 0.717) is 30.7 Å². The Balaban J connectivity index is 1.65. The predicted octanol–water partition coefficient (Wildman–Crippen LogP) is 3.06. The van der Waals surface area contributed by atoms with Crippen molar-refractivity contribution < 1.29 is 19.4 Å². The van der Waals surface area contributed by atoms with Crippen LogP contribution in [0.15, 0.2) is 40.8 Å². The smallest absolute Gasteiger partial charge is 0.289 e. The highest BCUT2D eigenvalue weighted by Crippen LogP contribution is 2.39. The Morgan fingerprint density at radius 1 is 1.27 bits per heavy atom. The summed E-state index contributed by atoms with van der Waals surface area (Å²) in [5.74, 6) is 0.0671. The third kappa shape index (κ3) is 2.59. The van der Waals surface area contributed by atoms with Gasteiger partial charge in [0.25, 0.3) is 5.91 Å². The van der Waals surface area contributed by atoms with Crippen molar-refractivity contribution in [3.63, 3.8) is 0 Å². The van der Waals surface area contributed by atoms with Gasteiger partial charge in [0.15, 0.2) is 5.76 Å². The number of rotatable bonds is 2. The lowest BCUT2D eigenvalue weighted by Gasteiger charge is -2.30. The number of carbonyl (C=O) groups is 1. The molecule has 1 aliphatic rings. The van der Waals surface area contributed by atoms with E-state index in [4.69, 9.17) is 10.2 Å². The quantitative estimate of drug-likeness (QED) is 0.658. The van der Waals surface area contributed by atoms with Crippen LogP contribution in [0.5, 0.6) is 11.5 Å². The third-order valence-corrected chi connectivity index (χ3v) is 4.89. The number of aromatic hydroxyl groups is 2. The van der Waals surface area contributed by atoms with Crippen LogP contribution in [0.3, 0.4) is 0 Å². The monoisotopic (exact) mass is 352 g/mol. The summed E-state index contributed by atoms with van der Waals surface area (Å²) in [6.07, 6.45) is 0.493. The van der Waals surface area contributed by atoms with Gasteiger partial charge in [-0.15, -0.1) is 0 Å². The summed E-state index contributed by atoms with van der Waals surface area (Å²) in [6.45, 7) is 2.46. The molecule has 6 nitrogen and oxygen atoms in total. The van der Waals surface area contributed by atoms with E-state index in [1.807, 2.05) is 24.3 Å². The van der Waals surface area contributed by atoms with Gasteiger partial charge in [0.2, 0.25) is 0 Å². The molecular formula is C20H20N2O4. The Morgan fingerprint density at radius 3 is 2.77 bits per heavy atom. The minimum absolute atomic E-state index is 0.0332. The van der Waals surface area contributed by atoms with E-state index in [2.05, 4.69) is 0 Å². The molecule has 2 heterocycles. The van der Waals surface area contributed by atoms with Crippen LogP contribution in [-0.2, 0) is 13.0 Å². The number of nitrogens with two attached hydrogens (primary N) is 1. The Morgan fingerprint density at radius 2 is 2.04 bits per heavy atom. The second kappa shape index (κ2) is 6.07. The van der Waals surface area contributed by atoms with Gasteiger partial charge in [-0.1, -0.05) is 18.2 Å². The Hall–Kier alpha value is -2.99. The number of furan rings is 1. The maximum atomic E-state index is 12.8. The molecule has 1 aliphatic heterocycles. The van der Waals surface area contributed by atoms with Gasteiger partial charge >= 0.3 is 0 Å². The number of amides is 1. The van der Waals surface area contributed by atoms with Crippen molar-refractivity contribution in [2.45, 2.75) is 25.9 Å². The number of para-hydroxylation sites is 1. The molecule has 0 bridgehead atoms. The maximum absolute atomic E-state index is 12.8. The van der Waals surface area contributed by atoms with Crippen LogP contribution in [0.1, 0.15) is 40.2 Å². The second-order valence-electron chi connectivity index (χ2n) is 6.71. The highest BCUT2D eigenvalue weighted by Gasteiger charge is 2.28. The Labute approximate surface area is 150 Å². The molecule has 4 N–H and O–H groups in total. The molecule has 3 aromatic rings. The number of benzene rings is 2. The lowest BCUT2D eigenvalue weighted by atomic mass is 9.92. The SMILES string of the molecule is CC(N)c1c(O)cc2c(c1O)CCN(C(=O)c1cc3ccccc3o1)C2. The highest BCUT2D eigenvalue weighted by molar-refractivity contribution is 5.96. The molecule has 4 rings (SSSR count). The summed E-state index contributed by atoms with van der Waals surface area (Å²) in [6, 6.07) is 10.3. The van der Waals surface area contributed by atoms with Gasteiger partial charge in [-0.2, -0.15) is 0 Å². The number of phenolic OH excluding ortho intramolecular Hbond substituents is 2. The standard InChI is InChI=1S/C20H20N2O4/c1-11(21)18-15(23)8-13-10-22(7-6-14(13)19(18)24)20(25)17-9-12-4-2-3-5-16(12)26-17/h2-5,8-9,11,23-24H,6-7,10,21H2,1H3. The molecule has 0 radical (unpaired) electrons. The number of nitrogens with zero attached hydrogens (tertiary/aromatic N) is 1. The number of carbonyl (C=O) groups excluding carboxylic acids is 1. The fourth-order valence-electron chi connectivity index (χ4n) is 3.58. The van der Waals surface area contributed by atoms with Gasteiger partial charge in [0.05, 0.1) is 5.56 Å². The van der Waals surface area contributed by atoms with Crippen LogP contribution in [0.25, 0.3) is 11.0 Å². The zero-order chi connectivity index (χ0) is 18.4. The van der Waals surface area contributed by atoms with E-state index < -0.39 is 6.04 Å². The lowest BCUT2D eigenvalue weighted by molar-refractivity contribution is 0.0703. The molecule has 6 heteroatoms. The van der Waals surface area contributed by atoms with Crippen LogP contribution < -0.4 is 5.73 Å². The van der Waals surface area contributed by atoms with Crippen LogP contribution in [0.2, 0.25) is 0 Å². The normalized spacial score (nSPS) is 15.1. The maximum Gasteiger partial charge on any atom is 0.289 e. The van der Waals surface area contributed by atoms with Crippen molar-refractivity contribution in [3.8, 4) is 11.5 Å². The summed E-state index contributed by atoms with van der Waals surface area (Å²) in [4.78, 5) is 14.5. The number of phenols is 2. The minimum Gasteiger partial charge on any atom is -0.507 e. The summed E-state index contributed by atoms with van der Waals surface area (Å²) < 4.78 is 5.66. The first-order valence-electron chi connectivity index (χ1n) is 8.55. The molecule has 2 aromatic carbocycles. The fraction of sp³-hybridized carbons (Fsp3) is 0.250. The van der Waals surface area contributed by atoms with Crippen LogP contribution in [-0.4, -0.2) is 27.6 Å².